The van der Waals surface area contributed by atoms with E-state index in [-0.39, 0.29) is 11.4 Å². The van der Waals surface area contributed by atoms with E-state index in [0.29, 0.717) is 28.1 Å². The average Bonchev–Trinajstić information content (AvgIpc) is 3.20. The number of ether oxygens (including phenoxy) is 1. The number of carbonyl (C=O) groups excluding carboxylic acids is 1. The molecule has 0 spiro atoms. The van der Waals surface area contributed by atoms with Gasteiger partial charge in [-0.05, 0) is 67.6 Å². The van der Waals surface area contributed by atoms with Crippen LogP contribution in [0.5, 0.6) is 0 Å². The van der Waals surface area contributed by atoms with Crippen molar-refractivity contribution in [2.45, 2.75) is 33.6 Å². The van der Waals surface area contributed by atoms with Crippen LogP contribution in [0.25, 0.3) is 0 Å². The maximum absolute atomic E-state index is 11.8. The smallest absolute Gasteiger partial charge is 0.352 e. The Kier molecular flexibility index (Phi) is 5.75. The van der Waals surface area contributed by atoms with E-state index in [0.717, 1.165) is 16.7 Å². The van der Waals surface area contributed by atoms with Crippen LogP contribution in [0.3, 0.4) is 0 Å². The number of carbonyl (C=O) groups is 3. The largest absolute Gasteiger partial charge is 0.477 e. The van der Waals surface area contributed by atoms with Crippen LogP contribution in [0.2, 0.25) is 0 Å². The summed E-state index contributed by atoms with van der Waals surface area (Å²) < 4.78 is 4.75. The Morgan fingerprint density at radius 2 is 1.19 bits per heavy atom. The maximum Gasteiger partial charge on any atom is 0.352 e. The van der Waals surface area contributed by atoms with E-state index >= 15 is 0 Å². The summed E-state index contributed by atoms with van der Waals surface area (Å²) in [6.45, 7) is 7.11. The lowest BCUT2D eigenvalue weighted by atomic mass is 9.87. The van der Waals surface area contributed by atoms with Crippen LogP contribution >= 0.6 is 0 Å². The topological polar surface area (TPSA) is 132 Å². The van der Waals surface area contributed by atoms with Crippen LogP contribution in [0, 0.1) is 27.7 Å². The SMILES string of the molecule is COC(=O)c1ccc(C(c2[nH]c(C(=O)O)c(C)c2C)c2[nH]c(C(=O)O)c(C)c2C)cc1. The molecule has 0 fully saturated rings. The normalized spacial score (nSPS) is 11.0. The van der Waals surface area contributed by atoms with Gasteiger partial charge < -0.3 is 24.9 Å². The molecular formula is C23H24N2O6. The summed E-state index contributed by atoms with van der Waals surface area (Å²) in [5, 5.41) is 19.1. The molecule has 0 saturated carbocycles. The second kappa shape index (κ2) is 8.14. The number of esters is 1. The lowest BCUT2D eigenvalue weighted by Crippen LogP contribution is -2.10. The zero-order valence-corrected chi connectivity index (χ0v) is 17.9. The predicted molar refractivity (Wildman–Crippen MR) is 113 cm³/mol. The molecule has 31 heavy (non-hydrogen) atoms. The molecule has 1 aromatic carbocycles. The minimum Gasteiger partial charge on any atom is -0.477 e. The van der Waals surface area contributed by atoms with Gasteiger partial charge in [-0.2, -0.15) is 0 Å². The number of hydrogen-bond donors (Lipinski definition) is 4. The van der Waals surface area contributed by atoms with Gasteiger partial charge in [-0.15, -0.1) is 0 Å². The third-order valence-corrected chi connectivity index (χ3v) is 5.87. The minimum atomic E-state index is -1.07. The highest BCUT2D eigenvalue weighted by Gasteiger charge is 2.29. The van der Waals surface area contributed by atoms with Crippen molar-refractivity contribution in [3.63, 3.8) is 0 Å². The van der Waals surface area contributed by atoms with Crippen LogP contribution in [0.4, 0.5) is 0 Å². The first-order valence-corrected chi connectivity index (χ1v) is 9.61. The fourth-order valence-electron chi connectivity index (χ4n) is 3.84. The van der Waals surface area contributed by atoms with E-state index in [4.69, 9.17) is 4.74 Å². The highest BCUT2D eigenvalue weighted by Crippen LogP contribution is 2.38. The molecule has 2 aromatic heterocycles. The van der Waals surface area contributed by atoms with Gasteiger partial charge in [-0.3, -0.25) is 0 Å². The quantitative estimate of drug-likeness (QED) is 0.443. The Labute approximate surface area is 178 Å². The van der Waals surface area contributed by atoms with Gasteiger partial charge in [0, 0.05) is 11.4 Å². The second-order valence-corrected chi connectivity index (χ2v) is 7.48. The van der Waals surface area contributed by atoms with Crippen LogP contribution < -0.4 is 0 Å². The van der Waals surface area contributed by atoms with Crippen molar-refractivity contribution in [1.29, 1.82) is 0 Å². The van der Waals surface area contributed by atoms with E-state index in [1.807, 2.05) is 13.8 Å². The van der Waals surface area contributed by atoms with Gasteiger partial charge >= 0.3 is 17.9 Å². The summed E-state index contributed by atoms with van der Waals surface area (Å²) in [6.07, 6.45) is 0. The molecular weight excluding hydrogens is 400 g/mol. The van der Waals surface area contributed by atoms with Crippen LogP contribution in [0.15, 0.2) is 24.3 Å². The van der Waals surface area contributed by atoms with E-state index in [1.54, 1.807) is 38.1 Å². The van der Waals surface area contributed by atoms with Crippen LogP contribution in [-0.4, -0.2) is 45.2 Å². The molecule has 0 radical (unpaired) electrons. The average molecular weight is 424 g/mol. The molecule has 3 aromatic rings. The summed E-state index contributed by atoms with van der Waals surface area (Å²) >= 11 is 0. The second-order valence-electron chi connectivity index (χ2n) is 7.48. The molecule has 0 aliphatic heterocycles. The van der Waals surface area contributed by atoms with Gasteiger partial charge in [0.15, 0.2) is 0 Å². The lowest BCUT2D eigenvalue weighted by Gasteiger charge is -2.19. The van der Waals surface area contributed by atoms with E-state index in [1.165, 1.54) is 7.11 Å². The fraction of sp³-hybridized carbons (Fsp3) is 0.261. The Balaban J connectivity index is 2.27. The third kappa shape index (κ3) is 3.72. The van der Waals surface area contributed by atoms with Gasteiger partial charge in [0.05, 0.1) is 18.6 Å². The van der Waals surface area contributed by atoms with Crippen molar-refractivity contribution in [2.75, 3.05) is 7.11 Å². The summed E-state index contributed by atoms with van der Waals surface area (Å²) in [5.74, 6) is -3.11. The molecule has 0 amide bonds. The first kappa shape index (κ1) is 21.9. The summed E-state index contributed by atoms with van der Waals surface area (Å²) in [5.41, 5.74) is 5.34. The number of benzene rings is 1. The number of aromatic carboxylic acids is 2. The maximum atomic E-state index is 11.8. The van der Waals surface area contributed by atoms with Gasteiger partial charge in [-0.25, -0.2) is 14.4 Å². The molecule has 0 aliphatic rings. The summed E-state index contributed by atoms with van der Waals surface area (Å²) in [7, 11) is 1.30. The molecule has 162 valence electrons. The third-order valence-electron chi connectivity index (χ3n) is 5.87. The molecule has 0 bridgehead atoms. The zero-order chi connectivity index (χ0) is 23.0. The standard InChI is InChI=1S/C23H24N2O6/c1-10-12(3)19(21(26)27)24-17(10)16(14-6-8-15(9-7-14)23(30)31-5)18-11(2)13(4)20(25-18)22(28)29/h6-9,16,24-25H,1-5H3,(H,26,27)(H,28,29). The summed E-state index contributed by atoms with van der Waals surface area (Å²) in [6, 6.07) is 6.76. The number of H-pyrrole nitrogens is 2. The molecule has 0 aliphatic carbocycles. The molecule has 4 N–H and O–H groups in total. The summed E-state index contributed by atoms with van der Waals surface area (Å²) in [4.78, 5) is 41.2. The highest BCUT2D eigenvalue weighted by atomic mass is 16.5. The Hall–Kier alpha value is -3.81. The number of methoxy groups -OCH3 is 1. The number of carboxylic acids is 2. The Morgan fingerprint density at radius 3 is 1.52 bits per heavy atom. The zero-order valence-electron chi connectivity index (χ0n) is 17.9. The molecule has 2 heterocycles. The number of hydrogen-bond acceptors (Lipinski definition) is 4. The van der Waals surface area contributed by atoms with Gasteiger partial charge in [0.1, 0.15) is 11.4 Å². The van der Waals surface area contributed by atoms with Crippen molar-refractivity contribution >= 4 is 17.9 Å². The highest BCUT2D eigenvalue weighted by molar-refractivity contribution is 5.90. The lowest BCUT2D eigenvalue weighted by molar-refractivity contribution is 0.0599. The van der Waals surface area contributed by atoms with Gasteiger partial charge in [-0.1, -0.05) is 12.1 Å². The van der Waals surface area contributed by atoms with Crippen molar-refractivity contribution < 1.29 is 29.3 Å². The van der Waals surface area contributed by atoms with E-state index in [2.05, 4.69) is 9.97 Å². The molecule has 8 heteroatoms. The minimum absolute atomic E-state index is 0.0862. The van der Waals surface area contributed by atoms with Crippen molar-refractivity contribution in [1.82, 2.24) is 9.97 Å². The molecule has 0 unspecified atom stereocenters. The number of aromatic amines is 2. The molecule has 0 atom stereocenters. The number of aromatic nitrogens is 2. The first-order valence-electron chi connectivity index (χ1n) is 9.61. The monoisotopic (exact) mass is 424 g/mol. The molecule has 8 nitrogen and oxygen atoms in total. The Bertz CT molecular complexity index is 1120. The first-order chi connectivity index (χ1) is 14.6. The van der Waals surface area contributed by atoms with E-state index < -0.39 is 23.8 Å². The van der Waals surface area contributed by atoms with Crippen molar-refractivity contribution in [2.24, 2.45) is 0 Å². The fourth-order valence-corrected chi connectivity index (χ4v) is 3.84. The Morgan fingerprint density at radius 1 is 0.774 bits per heavy atom. The molecule has 0 saturated heterocycles. The van der Waals surface area contributed by atoms with Crippen LogP contribution in [-0.2, 0) is 4.74 Å². The van der Waals surface area contributed by atoms with E-state index in [9.17, 15) is 24.6 Å². The van der Waals surface area contributed by atoms with Gasteiger partial charge in [0.2, 0.25) is 0 Å². The van der Waals surface area contributed by atoms with Crippen molar-refractivity contribution in [3.8, 4) is 0 Å². The number of carboxylic acid groups (broad SMARTS) is 2. The number of nitrogens with one attached hydrogen (secondary N) is 2. The molecule has 3 rings (SSSR count). The predicted octanol–water partition coefficient (Wildman–Crippen LogP) is 3.94. The van der Waals surface area contributed by atoms with Crippen molar-refractivity contribution in [3.05, 3.63) is 80.4 Å². The number of rotatable bonds is 6. The van der Waals surface area contributed by atoms with Gasteiger partial charge in [0.25, 0.3) is 0 Å². The van der Waals surface area contributed by atoms with Crippen LogP contribution in [0.1, 0.15) is 76.5 Å².